The number of hydrogen-bond acceptors (Lipinski definition) is 8. The first kappa shape index (κ1) is 23.3. The molecule has 5 rings (SSSR count). The maximum atomic E-state index is 13.4. The summed E-state index contributed by atoms with van der Waals surface area (Å²) in [5.74, 6) is -0.134. The number of hydrogen-bond donors (Lipinski definition) is 2. The van der Waals surface area contributed by atoms with E-state index in [1.807, 2.05) is 17.0 Å². The van der Waals surface area contributed by atoms with Crippen LogP contribution < -0.4 is 9.62 Å². The van der Waals surface area contributed by atoms with Gasteiger partial charge in [-0.2, -0.15) is 12.8 Å². The van der Waals surface area contributed by atoms with Gasteiger partial charge in [0, 0.05) is 37.4 Å². The number of amides is 1. The van der Waals surface area contributed by atoms with Gasteiger partial charge in [-0.25, -0.2) is 4.98 Å². The lowest BCUT2D eigenvalue weighted by Crippen LogP contribution is -2.49. The Balaban J connectivity index is 1.39. The topological polar surface area (TPSA) is 116 Å². The van der Waals surface area contributed by atoms with Crippen molar-refractivity contribution in [1.29, 1.82) is 0 Å². The predicted octanol–water partition coefficient (Wildman–Crippen LogP) is 3.81. The van der Waals surface area contributed by atoms with Crippen LogP contribution in [0.2, 0.25) is 5.02 Å². The van der Waals surface area contributed by atoms with E-state index < -0.39 is 10.0 Å². The number of carbonyl (C=O) groups is 1. The first-order valence-corrected chi connectivity index (χ1v) is 13.3. The Bertz CT molecular complexity index is 1520. The van der Waals surface area contributed by atoms with Crippen LogP contribution in [0.1, 0.15) is 10.4 Å². The quantitative estimate of drug-likeness (QED) is 0.404. The lowest BCUT2D eigenvalue weighted by molar-refractivity contribution is 0.0748. The van der Waals surface area contributed by atoms with Crippen molar-refractivity contribution >= 4 is 60.5 Å². The number of para-hydroxylation sites is 2. The van der Waals surface area contributed by atoms with Gasteiger partial charge >= 0.3 is 0 Å². The van der Waals surface area contributed by atoms with E-state index in [-0.39, 0.29) is 33.0 Å². The molecule has 0 spiro atoms. The van der Waals surface area contributed by atoms with E-state index in [0.717, 1.165) is 0 Å². The summed E-state index contributed by atoms with van der Waals surface area (Å²) in [6, 6.07) is 13.2. The van der Waals surface area contributed by atoms with Gasteiger partial charge in [-0.1, -0.05) is 23.7 Å². The number of nitrogens with one attached hydrogen (secondary N) is 1. The van der Waals surface area contributed by atoms with Gasteiger partial charge in [0.25, 0.3) is 15.9 Å². The Hall–Kier alpha value is -3.41. The molecule has 0 radical (unpaired) electrons. The summed E-state index contributed by atoms with van der Waals surface area (Å²) in [5, 5.41) is 10.6. The van der Waals surface area contributed by atoms with Gasteiger partial charge in [0.2, 0.25) is 0 Å². The van der Waals surface area contributed by atoms with Crippen molar-refractivity contribution in [3.63, 3.8) is 0 Å². The minimum atomic E-state index is -4.12. The third kappa shape index (κ3) is 4.62. The summed E-state index contributed by atoms with van der Waals surface area (Å²) in [6.07, 6.45) is 2.86. The first-order valence-electron chi connectivity index (χ1n) is 10.7. The Labute approximate surface area is 210 Å². The van der Waals surface area contributed by atoms with Gasteiger partial charge in [0.15, 0.2) is 5.03 Å². The predicted molar refractivity (Wildman–Crippen MR) is 136 cm³/mol. The molecule has 0 aliphatic carbocycles. The number of sulfonamides is 1. The fourth-order valence-electron chi connectivity index (χ4n) is 4.02. The molecule has 2 N–H and O–H groups in total. The van der Waals surface area contributed by atoms with E-state index in [1.165, 1.54) is 36.1 Å². The maximum Gasteiger partial charge on any atom is 0.280 e. The fraction of sp³-hybridized carbons (Fsp3) is 0.174. The highest BCUT2D eigenvalue weighted by Gasteiger charge is 2.27. The Kier molecular flexibility index (Phi) is 6.22. The van der Waals surface area contributed by atoms with Crippen molar-refractivity contribution in [2.45, 2.75) is 5.03 Å². The Morgan fingerprint density at radius 2 is 1.86 bits per heavy atom. The number of phenols is 1. The smallest absolute Gasteiger partial charge is 0.280 e. The second kappa shape index (κ2) is 9.33. The molecule has 1 amide bonds. The molecule has 1 fully saturated rings. The normalized spacial score (nSPS) is 14.3. The second-order valence-corrected chi connectivity index (χ2v) is 10.8. The maximum absolute atomic E-state index is 13.4. The Morgan fingerprint density at radius 3 is 2.63 bits per heavy atom. The van der Waals surface area contributed by atoms with E-state index in [9.17, 15) is 18.3 Å². The summed E-state index contributed by atoms with van der Waals surface area (Å²) < 4.78 is 33.7. The number of aromatic nitrogens is 2. The number of fused-ring (bicyclic) bond motifs is 1. The van der Waals surface area contributed by atoms with Crippen molar-refractivity contribution in [1.82, 2.24) is 14.3 Å². The monoisotopic (exact) mass is 529 g/mol. The van der Waals surface area contributed by atoms with Gasteiger partial charge in [0.1, 0.15) is 5.75 Å². The molecule has 1 aliphatic heterocycles. The van der Waals surface area contributed by atoms with E-state index >= 15 is 0 Å². The molecule has 35 heavy (non-hydrogen) atoms. The molecule has 3 heterocycles. The van der Waals surface area contributed by atoms with Crippen molar-refractivity contribution < 1.29 is 18.3 Å². The van der Waals surface area contributed by atoms with Gasteiger partial charge < -0.3 is 14.9 Å². The number of phenolic OH excluding ortho intramolecular Hbond substituents is 1. The molecular weight excluding hydrogens is 510 g/mol. The molecule has 0 bridgehead atoms. The number of nitrogens with zero attached hydrogens (tertiary/aromatic N) is 4. The van der Waals surface area contributed by atoms with Gasteiger partial charge in [0.05, 0.1) is 33.2 Å². The standard InChI is InChI=1S/C23H20ClN5O4S2/c24-15-5-6-16(23(31)29-11-9-28(10-12-29)19-3-1-2-4-20(19)30)18(13-15)27-35(32,33)22-17-14-26-34-21(17)7-8-25-22/h1-8,13-14,27,30H,9-12H2. The van der Waals surface area contributed by atoms with Gasteiger partial charge in [-0.3, -0.25) is 9.52 Å². The van der Waals surface area contributed by atoms with E-state index in [1.54, 1.807) is 29.2 Å². The van der Waals surface area contributed by atoms with Crippen LogP contribution >= 0.6 is 23.1 Å². The summed E-state index contributed by atoms with van der Waals surface area (Å²) in [7, 11) is -4.12. The molecule has 1 saturated heterocycles. The summed E-state index contributed by atoms with van der Waals surface area (Å²) in [4.78, 5) is 21.1. The summed E-state index contributed by atoms with van der Waals surface area (Å²) in [6.45, 7) is 1.86. The molecule has 180 valence electrons. The van der Waals surface area contributed by atoms with E-state index in [2.05, 4.69) is 14.1 Å². The number of halogens is 1. The second-order valence-electron chi connectivity index (χ2n) is 7.92. The highest BCUT2D eigenvalue weighted by Crippen LogP contribution is 2.30. The number of pyridine rings is 1. The van der Waals surface area contributed by atoms with Crippen LogP contribution in [0.3, 0.4) is 0 Å². The van der Waals surface area contributed by atoms with Crippen molar-refractivity contribution in [3.05, 3.63) is 71.5 Å². The molecular formula is C23H20ClN5O4S2. The minimum Gasteiger partial charge on any atom is -0.506 e. The first-order chi connectivity index (χ1) is 16.8. The third-order valence-corrected chi connectivity index (χ3v) is 8.07. The lowest BCUT2D eigenvalue weighted by atomic mass is 10.1. The largest absolute Gasteiger partial charge is 0.506 e. The molecule has 1 aliphatic rings. The van der Waals surface area contributed by atoms with Crippen LogP contribution in [-0.4, -0.2) is 59.9 Å². The van der Waals surface area contributed by atoms with E-state index in [4.69, 9.17) is 11.6 Å². The SMILES string of the molecule is O=C(c1ccc(Cl)cc1NS(=O)(=O)c1nccc2sncc12)N1CCN(c2ccccc2O)CC1. The molecule has 9 nitrogen and oxygen atoms in total. The zero-order valence-electron chi connectivity index (χ0n) is 18.3. The van der Waals surface area contributed by atoms with Gasteiger partial charge in [-0.05, 0) is 47.9 Å². The number of aromatic hydroxyl groups is 1. The van der Waals surface area contributed by atoms with Crippen LogP contribution in [0, 0.1) is 0 Å². The lowest BCUT2D eigenvalue weighted by Gasteiger charge is -2.36. The molecule has 0 atom stereocenters. The third-order valence-electron chi connectivity index (χ3n) is 5.75. The van der Waals surface area contributed by atoms with Crippen LogP contribution in [0.4, 0.5) is 11.4 Å². The molecule has 0 unspecified atom stereocenters. The molecule has 4 aromatic rings. The molecule has 12 heteroatoms. The van der Waals surface area contributed by atoms with Crippen molar-refractivity contribution in [3.8, 4) is 5.75 Å². The number of anilines is 2. The summed E-state index contributed by atoms with van der Waals surface area (Å²) >= 11 is 7.32. The molecule has 2 aromatic heterocycles. The highest BCUT2D eigenvalue weighted by molar-refractivity contribution is 7.92. The molecule has 2 aromatic carbocycles. The van der Waals surface area contributed by atoms with Crippen LogP contribution in [0.25, 0.3) is 10.1 Å². The number of carbonyl (C=O) groups excluding carboxylic acids is 1. The zero-order chi connectivity index (χ0) is 24.6. The average Bonchev–Trinajstić information content (AvgIpc) is 3.33. The van der Waals surface area contributed by atoms with Gasteiger partial charge in [-0.15, -0.1) is 0 Å². The Morgan fingerprint density at radius 1 is 1.09 bits per heavy atom. The van der Waals surface area contributed by atoms with Crippen LogP contribution in [0.5, 0.6) is 5.75 Å². The zero-order valence-corrected chi connectivity index (χ0v) is 20.6. The number of benzene rings is 2. The number of piperazine rings is 1. The van der Waals surface area contributed by atoms with E-state index in [0.29, 0.717) is 42.0 Å². The fourth-order valence-corrected chi connectivity index (χ4v) is 6.10. The summed E-state index contributed by atoms with van der Waals surface area (Å²) in [5.41, 5.74) is 0.973. The number of rotatable bonds is 5. The average molecular weight is 530 g/mol. The van der Waals surface area contributed by atoms with Crippen LogP contribution in [0.15, 0.2) is 66.0 Å². The molecule has 0 saturated carbocycles. The van der Waals surface area contributed by atoms with Crippen molar-refractivity contribution in [2.24, 2.45) is 0 Å². The minimum absolute atomic E-state index is 0.0765. The van der Waals surface area contributed by atoms with Crippen LogP contribution in [-0.2, 0) is 10.0 Å². The highest BCUT2D eigenvalue weighted by atomic mass is 35.5. The van der Waals surface area contributed by atoms with Crippen molar-refractivity contribution in [2.75, 3.05) is 35.8 Å².